The molecule has 0 aromatic rings. The summed E-state index contributed by atoms with van der Waals surface area (Å²) in [7, 11) is 0. The van der Waals surface area contributed by atoms with Gasteiger partial charge in [-0.1, -0.05) is 53.9 Å². The Hall–Kier alpha value is -0.0400. The molecule has 98 valence electrons. The van der Waals surface area contributed by atoms with E-state index in [1.165, 1.54) is 38.5 Å². The highest BCUT2D eigenvalue weighted by Crippen LogP contribution is 2.21. The van der Waals surface area contributed by atoms with Crippen LogP contribution in [0.15, 0.2) is 0 Å². The number of hydrogen-bond acceptors (Lipinski definition) is 1. The van der Waals surface area contributed by atoms with Crippen molar-refractivity contribution in [3.05, 3.63) is 0 Å². The minimum Gasteiger partial charge on any atom is -0.314 e. The SMILES string of the molecule is CCCCC(CC)C(CCC(C)C)NCC. The Morgan fingerprint density at radius 2 is 1.62 bits per heavy atom. The van der Waals surface area contributed by atoms with Crippen molar-refractivity contribution in [1.82, 2.24) is 5.32 Å². The normalized spacial score (nSPS) is 15.4. The molecular weight excluding hydrogens is 194 g/mol. The molecule has 16 heavy (non-hydrogen) atoms. The van der Waals surface area contributed by atoms with Gasteiger partial charge in [0.05, 0.1) is 0 Å². The van der Waals surface area contributed by atoms with Crippen LogP contribution in [0, 0.1) is 11.8 Å². The van der Waals surface area contributed by atoms with Crippen molar-refractivity contribution in [3.8, 4) is 0 Å². The lowest BCUT2D eigenvalue weighted by Crippen LogP contribution is -2.36. The van der Waals surface area contributed by atoms with Crippen LogP contribution in [0.2, 0.25) is 0 Å². The average molecular weight is 227 g/mol. The van der Waals surface area contributed by atoms with E-state index in [1.54, 1.807) is 0 Å². The van der Waals surface area contributed by atoms with Crippen molar-refractivity contribution < 1.29 is 0 Å². The maximum Gasteiger partial charge on any atom is 0.00952 e. The molecule has 2 atom stereocenters. The predicted molar refractivity (Wildman–Crippen MR) is 74.8 cm³/mol. The lowest BCUT2D eigenvalue weighted by atomic mass is 9.87. The first-order valence-electron chi connectivity index (χ1n) is 7.38. The third-order valence-corrected chi connectivity index (χ3v) is 3.54. The van der Waals surface area contributed by atoms with Gasteiger partial charge in [0, 0.05) is 6.04 Å². The van der Waals surface area contributed by atoms with Crippen LogP contribution in [-0.4, -0.2) is 12.6 Å². The first kappa shape index (κ1) is 16.0. The molecule has 1 heteroatoms. The van der Waals surface area contributed by atoms with Crippen LogP contribution in [0.25, 0.3) is 0 Å². The summed E-state index contributed by atoms with van der Waals surface area (Å²) in [4.78, 5) is 0. The molecule has 0 rings (SSSR count). The molecule has 0 aromatic heterocycles. The Morgan fingerprint density at radius 1 is 0.938 bits per heavy atom. The van der Waals surface area contributed by atoms with E-state index in [-0.39, 0.29) is 0 Å². The van der Waals surface area contributed by atoms with Crippen LogP contribution in [0.3, 0.4) is 0 Å². The zero-order valence-corrected chi connectivity index (χ0v) is 12.2. The average Bonchev–Trinajstić information content (AvgIpc) is 2.26. The van der Waals surface area contributed by atoms with Crippen molar-refractivity contribution in [2.24, 2.45) is 11.8 Å². The number of rotatable bonds is 10. The Morgan fingerprint density at radius 3 is 2.06 bits per heavy atom. The quantitative estimate of drug-likeness (QED) is 0.574. The number of unbranched alkanes of at least 4 members (excludes halogenated alkanes) is 1. The van der Waals surface area contributed by atoms with E-state index in [2.05, 4.69) is 39.9 Å². The summed E-state index contributed by atoms with van der Waals surface area (Å²) in [5.41, 5.74) is 0. The Balaban J connectivity index is 4.10. The lowest BCUT2D eigenvalue weighted by Gasteiger charge is -2.27. The summed E-state index contributed by atoms with van der Waals surface area (Å²) in [6, 6.07) is 0.754. The van der Waals surface area contributed by atoms with Gasteiger partial charge in [0.2, 0.25) is 0 Å². The fraction of sp³-hybridized carbons (Fsp3) is 1.00. The van der Waals surface area contributed by atoms with Gasteiger partial charge in [-0.05, 0) is 37.6 Å². The standard InChI is InChI=1S/C15H33N/c1-6-9-10-14(7-2)15(16-8-3)12-11-13(4)5/h13-16H,6-12H2,1-5H3. The molecule has 0 aromatic carbocycles. The van der Waals surface area contributed by atoms with E-state index < -0.39 is 0 Å². The van der Waals surface area contributed by atoms with E-state index >= 15 is 0 Å². The van der Waals surface area contributed by atoms with Gasteiger partial charge >= 0.3 is 0 Å². The fourth-order valence-corrected chi connectivity index (χ4v) is 2.44. The molecule has 0 aliphatic rings. The van der Waals surface area contributed by atoms with E-state index in [0.717, 1.165) is 24.4 Å². The van der Waals surface area contributed by atoms with Crippen molar-refractivity contribution in [3.63, 3.8) is 0 Å². The summed E-state index contributed by atoms with van der Waals surface area (Å²) < 4.78 is 0. The zero-order chi connectivity index (χ0) is 12.4. The van der Waals surface area contributed by atoms with Crippen LogP contribution in [0.1, 0.15) is 73.1 Å². The molecule has 0 radical (unpaired) electrons. The maximum absolute atomic E-state index is 3.70. The van der Waals surface area contributed by atoms with E-state index in [4.69, 9.17) is 0 Å². The minimum atomic E-state index is 0.754. The molecule has 0 spiro atoms. The summed E-state index contributed by atoms with van der Waals surface area (Å²) in [5, 5.41) is 3.70. The Labute approximate surface area is 103 Å². The summed E-state index contributed by atoms with van der Waals surface area (Å²) in [6.45, 7) is 12.6. The second-order valence-corrected chi connectivity index (χ2v) is 5.45. The highest BCUT2D eigenvalue weighted by atomic mass is 14.9. The Kier molecular flexibility index (Phi) is 10.1. The summed E-state index contributed by atoms with van der Waals surface area (Å²) >= 11 is 0. The van der Waals surface area contributed by atoms with Crippen LogP contribution < -0.4 is 5.32 Å². The molecule has 0 aliphatic heterocycles. The molecule has 0 saturated carbocycles. The van der Waals surface area contributed by atoms with Crippen molar-refractivity contribution in [1.29, 1.82) is 0 Å². The van der Waals surface area contributed by atoms with Gasteiger partial charge in [-0.25, -0.2) is 0 Å². The third-order valence-electron chi connectivity index (χ3n) is 3.54. The van der Waals surface area contributed by atoms with Crippen molar-refractivity contribution >= 4 is 0 Å². The second kappa shape index (κ2) is 10.1. The first-order valence-corrected chi connectivity index (χ1v) is 7.38. The van der Waals surface area contributed by atoms with E-state index in [0.29, 0.717) is 0 Å². The zero-order valence-electron chi connectivity index (χ0n) is 12.2. The molecule has 0 saturated heterocycles. The van der Waals surface area contributed by atoms with Gasteiger partial charge in [0.25, 0.3) is 0 Å². The molecule has 0 heterocycles. The molecular formula is C15H33N. The van der Waals surface area contributed by atoms with Gasteiger partial charge in [0.15, 0.2) is 0 Å². The highest BCUT2D eigenvalue weighted by Gasteiger charge is 2.18. The fourth-order valence-electron chi connectivity index (χ4n) is 2.44. The summed E-state index contributed by atoms with van der Waals surface area (Å²) in [6.07, 6.45) is 8.17. The Bertz CT molecular complexity index is 142. The predicted octanol–water partition coefficient (Wildman–Crippen LogP) is 4.62. The molecule has 0 bridgehead atoms. The third kappa shape index (κ3) is 7.27. The van der Waals surface area contributed by atoms with Crippen molar-refractivity contribution in [2.45, 2.75) is 79.2 Å². The van der Waals surface area contributed by atoms with Crippen LogP contribution in [0.4, 0.5) is 0 Å². The van der Waals surface area contributed by atoms with Crippen LogP contribution in [0.5, 0.6) is 0 Å². The summed E-state index contributed by atoms with van der Waals surface area (Å²) in [5.74, 6) is 1.73. The van der Waals surface area contributed by atoms with Crippen LogP contribution >= 0.6 is 0 Å². The topological polar surface area (TPSA) is 12.0 Å². The molecule has 0 amide bonds. The molecule has 1 nitrogen and oxygen atoms in total. The smallest absolute Gasteiger partial charge is 0.00952 e. The van der Waals surface area contributed by atoms with Crippen LogP contribution in [-0.2, 0) is 0 Å². The molecule has 0 aliphatic carbocycles. The van der Waals surface area contributed by atoms with E-state index in [9.17, 15) is 0 Å². The van der Waals surface area contributed by atoms with Gasteiger partial charge in [0.1, 0.15) is 0 Å². The van der Waals surface area contributed by atoms with Crippen molar-refractivity contribution in [2.75, 3.05) is 6.54 Å². The number of nitrogens with one attached hydrogen (secondary N) is 1. The lowest BCUT2D eigenvalue weighted by molar-refractivity contribution is 0.292. The molecule has 2 unspecified atom stereocenters. The largest absolute Gasteiger partial charge is 0.314 e. The van der Waals surface area contributed by atoms with Gasteiger partial charge in [-0.15, -0.1) is 0 Å². The van der Waals surface area contributed by atoms with Gasteiger partial charge < -0.3 is 5.32 Å². The molecule has 0 fully saturated rings. The number of hydrogen-bond donors (Lipinski definition) is 1. The highest BCUT2D eigenvalue weighted by molar-refractivity contribution is 4.75. The van der Waals surface area contributed by atoms with Gasteiger partial charge in [-0.2, -0.15) is 0 Å². The minimum absolute atomic E-state index is 0.754. The van der Waals surface area contributed by atoms with E-state index in [1.807, 2.05) is 0 Å². The van der Waals surface area contributed by atoms with Gasteiger partial charge in [-0.3, -0.25) is 0 Å². The second-order valence-electron chi connectivity index (χ2n) is 5.45. The first-order chi connectivity index (χ1) is 7.65. The molecule has 1 N–H and O–H groups in total. The maximum atomic E-state index is 3.70. The monoisotopic (exact) mass is 227 g/mol.